The van der Waals surface area contributed by atoms with E-state index in [1.54, 1.807) is 18.2 Å². The second-order valence-electron chi connectivity index (χ2n) is 7.51. The van der Waals surface area contributed by atoms with Crippen molar-refractivity contribution in [1.82, 2.24) is 4.90 Å². The van der Waals surface area contributed by atoms with E-state index in [4.69, 9.17) is 16.0 Å². The largest absolute Gasteiger partial charge is 0.451 e. The minimum atomic E-state index is -0.344. The molecule has 1 fully saturated rings. The van der Waals surface area contributed by atoms with Gasteiger partial charge in [0.2, 0.25) is 5.91 Å². The van der Waals surface area contributed by atoms with Crippen molar-refractivity contribution in [3.8, 4) is 11.3 Å². The fourth-order valence-corrected chi connectivity index (χ4v) is 4.25. The lowest BCUT2D eigenvalue weighted by molar-refractivity contribution is -0.131. The molecule has 1 saturated heterocycles. The van der Waals surface area contributed by atoms with E-state index in [9.17, 15) is 9.59 Å². The Morgan fingerprint density at radius 2 is 1.75 bits per heavy atom. The number of rotatable bonds is 5. The lowest BCUT2D eigenvalue weighted by atomic mass is 10.2. The standard InChI is InChI=1S/C24H23BrClN3O3/c1-2-23(30)29-13-11-28(12-14-29)20-8-7-18(15-19(20)26)27-24(31)22-10-9-21(32-22)16-3-5-17(25)6-4-16/h3-10,15H,2,11-14H2,1H3,(H,27,31). The number of piperazine rings is 1. The molecule has 1 aliphatic heterocycles. The molecule has 2 heterocycles. The summed E-state index contributed by atoms with van der Waals surface area (Å²) in [6.07, 6.45) is 0.523. The summed E-state index contributed by atoms with van der Waals surface area (Å²) in [7, 11) is 0. The zero-order valence-electron chi connectivity index (χ0n) is 17.6. The van der Waals surface area contributed by atoms with Crippen LogP contribution in [0.25, 0.3) is 11.3 Å². The summed E-state index contributed by atoms with van der Waals surface area (Å²) in [5.41, 5.74) is 2.37. The molecule has 2 amide bonds. The third-order valence-corrected chi connectivity index (χ3v) is 6.27. The maximum Gasteiger partial charge on any atom is 0.291 e. The fourth-order valence-electron chi connectivity index (χ4n) is 3.68. The molecular formula is C24H23BrClN3O3. The van der Waals surface area contributed by atoms with E-state index in [-0.39, 0.29) is 17.6 Å². The molecule has 0 saturated carbocycles. The molecule has 0 radical (unpaired) electrons. The Hall–Kier alpha value is -2.77. The Labute approximate surface area is 200 Å². The van der Waals surface area contributed by atoms with Crippen LogP contribution >= 0.6 is 27.5 Å². The first-order valence-corrected chi connectivity index (χ1v) is 11.6. The zero-order chi connectivity index (χ0) is 22.7. The van der Waals surface area contributed by atoms with Gasteiger partial charge in [-0.3, -0.25) is 9.59 Å². The molecule has 0 aliphatic carbocycles. The molecule has 0 spiro atoms. The molecule has 32 heavy (non-hydrogen) atoms. The van der Waals surface area contributed by atoms with Crippen LogP contribution in [0.5, 0.6) is 0 Å². The number of hydrogen-bond donors (Lipinski definition) is 1. The van der Waals surface area contributed by atoms with Crippen LogP contribution in [0.15, 0.2) is 63.5 Å². The van der Waals surface area contributed by atoms with E-state index >= 15 is 0 Å². The number of amides is 2. The van der Waals surface area contributed by atoms with Crippen LogP contribution < -0.4 is 10.2 Å². The first kappa shape index (κ1) is 22.4. The van der Waals surface area contributed by atoms with Crippen LogP contribution in [0.1, 0.15) is 23.9 Å². The Kier molecular flexibility index (Phi) is 6.86. The van der Waals surface area contributed by atoms with E-state index in [0.29, 0.717) is 36.0 Å². The molecule has 3 aromatic rings. The summed E-state index contributed by atoms with van der Waals surface area (Å²) in [5.74, 6) is 0.676. The fraction of sp³-hybridized carbons (Fsp3) is 0.250. The summed E-state index contributed by atoms with van der Waals surface area (Å²) in [4.78, 5) is 28.5. The Morgan fingerprint density at radius 1 is 1.03 bits per heavy atom. The predicted molar refractivity (Wildman–Crippen MR) is 130 cm³/mol. The molecule has 0 unspecified atom stereocenters. The van der Waals surface area contributed by atoms with Crippen molar-refractivity contribution in [2.75, 3.05) is 36.4 Å². The van der Waals surface area contributed by atoms with Crippen molar-refractivity contribution in [1.29, 1.82) is 0 Å². The number of nitrogens with zero attached hydrogens (tertiary/aromatic N) is 2. The van der Waals surface area contributed by atoms with Crippen LogP contribution in [0, 0.1) is 0 Å². The van der Waals surface area contributed by atoms with Gasteiger partial charge in [-0.1, -0.05) is 46.6 Å². The van der Waals surface area contributed by atoms with Crippen molar-refractivity contribution in [3.05, 3.63) is 69.9 Å². The van der Waals surface area contributed by atoms with Crippen LogP contribution in [-0.2, 0) is 4.79 Å². The molecule has 1 aromatic heterocycles. The third-order valence-electron chi connectivity index (χ3n) is 5.44. The van der Waals surface area contributed by atoms with Gasteiger partial charge in [-0.05, 0) is 42.5 Å². The van der Waals surface area contributed by atoms with Crippen LogP contribution in [0.4, 0.5) is 11.4 Å². The van der Waals surface area contributed by atoms with Gasteiger partial charge < -0.3 is 19.5 Å². The predicted octanol–water partition coefficient (Wildman–Crippen LogP) is 5.67. The lowest BCUT2D eigenvalue weighted by Crippen LogP contribution is -2.48. The quantitative estimate of drug-likeness (QED) is 0.474. The number of halogens is 2. The highest BCUT2D eigenvalue weighted by atomic mass is 79.9. The Bertz CT molecular complexity index is 1120. The number of carbonyl (C=O) groups excluding carboxylic acids is 2. The molecule has 0 bridgehead atoms. The number of nitrogens with one attached hydrogen (secondary N) is 1. The Balaban J connectivity index is 1.40. The minimum Gasteiger partial charge on any atom is -0.451 e. The second kappa shape index (κ2) is 9.79. The molecule has 166 valence electrons. The van der Waals surface area contributed by atoms with Crippen LogP contribution in [0.3, 0.4) is 0 Å². The van der Waals surface area contributed by atoms with E-state index in [1.807, 2.05) is 48.2 Å². The van der Waals surface area contributed by atoms with Gasteiger partial charge in [-0.15, -0.1) is 0 Å². The van der Waals surface area contributed by atoms with E-state index in [1.165, 1.54) is 0 Å². The maximum absolute atomic E-state index is 12.6. The molecule has 0 atom stereocenters. The van der Waals surface area contributed by atoms with Crippen molar-refractivity contribution >= 4 is 50.7 Å². The van der Waals surface area contributed by atoms with Gasteiger partial charge in [-0.25, -0.2) is 0 Å². The molecule has 2 aromatic carbocycles. The molecule has 8 heteroatoms. The zero-order valence-corrected chi connectivity index (χ0v) is 19.9. The van der Waals surface area contributed by atoms with Gasteiger partial charge in [0.25, 0.3) is 5.91 Å². The van der Waals surface area contributed by atoms with E-state index < -0.39 is 0 Å². The number of furan rings is 1. The van der Waals surface area contributed by atoms with Crippen molar-refractivity contribution in [2.45, 2.75) is 13.3 Å². The summed E-state index contributed by atoms with van der Waals surface area (Å²) in [6.45, 7) is 4.69. The number of carbonyl (C=O) groups is 2. The number of benzene rings is 2. The summed E-state index contributed by atoms with van der Waals surface area (Å²) in [6, 6.07) is 16.5. The van der Waals surface area contributed by atoms with Crippen molar-refractivity contribution < 1.29 is 14.0 Å². The summed E-state index contributed by atoms with van der Waals surface area (Å²) < 4.78 is 6.71. The highest BCUT2D eigenvalue weighted by Gasteiger charge is 2.22. The topological polar surface area (TPSA) is 65.8 Å². The lowest BCUT2D eigenvalue weighted by Gasteiger charge is -2.36. The van der Waals surface area contributed by atoms with Crippen LogP contribution in [-0.4, -0.2) is 42.9 Å². The molecular weight excluding hydrogens is 494 g/mol. The van der Waals surface area contributed by atoms with E-state index in [0.717, 1.165) is 28.8 Å². The first-order chi connectivity index (χ1) is 15.4. The maximum atomic E-state index is 12.6. The van der Waals surface area contributed by atoms with E-state index in [2.05, 4.69) is 26.1 Å². The van der Waals surface area contributed by atoms with Crippen LogP contribution in [0.2, 0.25) is 5.02 Å². The SMILES string of the molecule is CCC(=O)N1CCN(c2ccc(NC(=O)c3ccc(-c4ccc(Br)cc4)o3)cc2Cl)CC1. The number of anilines is 2. The monoisotopic (exact) mass is 515 g/mol. The van der Waals surface area contributed by atoms with Gasteiger partial charge in [0.15, 0.2) is 5.76 Å². The second-order valence-corrected chi connectivity index (χ2v) is 8.84. The number of hydrogen-bond acceptors (Lipinski definition) is 4. The molecule has 1 aliphatic rings. The summed E-state index contributed by atoms with van der Waals surface area (Å²) >= 11 is 9.92. The van der Waals surface area contributed by atoms with Gasteiger partial charge in [-0.2, -0.15) is 0 Å². The first-order valence-electron chi connectivity index (χ1n) is 10.4. The minimum absolute atomic E-state index is 0.176. The Morgan fingerprint density at radius 3 is 2.41 bits per heavy atom. The smallest absolute Gasteiger partial charge is 0.291 e. The van der Waals surface area contributed by atoms with Gasteiger partial charge >= 0.3 is 0 Å². The van der Waals surface area contributed by atoms with Gasteiger partial charge in [0, 0.05) is 48.3 Å². The highest BCUT2D eigenvalue weighted by molar-refractivity contribution is 9.10. The molecule has 4 rings (SSSR count). The average Bonchev–Trinajstić information content (AvgIpc) is 3.30. The molecule has 1 N–H and O–H groups in total. The van der Waals surface area contributed by atoms with Gasteiger partial charge in [0.1, 0.15) is 5.76 Å². The van der Waals surface area contributed by atoms with Gasteiger partial charge in [0.05, 0.1) is 10.7 Å². The highest BCUT2D eigenvalue weighted by Crippen LogP contribution is 2.30. The molecule has 6 nitrogen and oxygen atoms in total. The van der Waals surface area contributed by atoms with Crippen molar-refractivity contribution in [2.24, 2.45) is 0 Å². The van der Waals surface area contributed by atoms with Crippen molar-refractivity contribution in [3.63, 3.8) is 0 Å². The third kappa shape index (κ3) is 5.00. The normalized spacial score (nSPS) is 13.8. The summed E-state index contributed by atoms with van der Waals surface area (Å²) in [5, 5.41) is 3.39. The average molecular weight is 517 g/mol.